The van der Waals surface area contributed by atoms with Gasteiger partial charge in [-0.15, -0.1) is 24.0 Å². The Morgan fingerprint density at radius 2 is 2.17 bits per heavy atom. The monoisotopic (exact) mass is 496 g/mol. The van der Waals surface area contributed by atoms with E-state index in [1.54, 1.807) is 13.1 Å². The van der Waals surface area contributed by atoms with E-state index >= 15 is 0 Å². The van der Waals surface area contributed by atoms with Crippen molar-refractivity contribution in [2.45, 2.75) is 37.9 Å². The Bertz CT molecular complexity index is 565. The standard InChI is InChI=1S/C16H22BrFN4.HI/c1-19-16(20-9-11-8-12(18)2-5-15(11)17)21-13-6-7-22(10-13)14-3-4-14;/h2,5,8,13-14H,3-4,6-7,9-10H2,1H3,(H2,19,20,21);1H. The lowest BCUT2D eigenvalue weighted by Gasteiger charge is -2.19. The van der Waals surface area contributed by atoms with E-state index < -0.39 is 0 Å². The van der Waals surface area contributed by atoms with Crippen LogP contribution in [0.2, 0.25) is 0 Å². The minimum Gasteiger partial charge on any atom is -0.352 e. The lowest BCUT2D eigenvalue weighted by molar-refractivity contribution is 0.321. The molecule has 2 N–H and O–H groups in total. The molecule has 0 aromatic heterocycles. The highest BCUT2D eigenvalue weighted by molar-refractivity contribution is 14.0. The fraction of sp³-hybridized carbons (Fsp3) is 0.562. The fourth-order valence-electron chi connectivity index (χ4n) is 2.92. The zero-order valence-electron chi connectivity index (χ0n) is 13.2. The third-order valence-electron chi connectivity index (χ3n) is 4.30. The van der Waals surface area contributed by atoms with Crippen LogP contribution in [0.5, 0.6) is 0 Å². The topological polar surface area (TPSA) is 39.7 Å². The van der Waals surface area contributed by atoms with Crippen LogP contribution in [-0.4, -0.2) is 43.1 Å². The highest BCUT2D eigenvalue weighted by Crippen LogP contribution is 2.29. The van der Waals surface area contributed by atoms with Crippen molar-refractivity contribution >= 4 is 45.9 Å². The molecule has 7 heteroatoms. The first kappa shape index (κ1) is 18.9. The molecule has 1 saturated carbocycles. The number of hydrogen-bond donors (Lipinski definition) is 2. The van der Waals surface area contributed by atoms with Crippen molar-refractivity contribution in [1.82, 2.24) is 15.5 Å². The third-order valence-corrected chi connectivity index (χ3v) is 5.08. The summed E-state index contributed by atoms with van der Waals surface area (Å²) >= 11 is 3.45. The first-order chi connectivity index (χ1) is 10.7. The highest BCUT2D eigenvalue weighted by Gasteiger charge is 2.34. The second-order valence-corrected chi connectivity index (χ2v) is 6.87. The normalized spacial score (nSPS) is 21.9. The number of benzene rings is 1. The van der Waals surface area contributed by atoms with Gasteiger partial charge in [-0.2, -0.15) is 0 Å². The molecular formula is C16H23BrFIN4. The summed E-state index contributed by atoms with van der Waals surface area (Å²) in [4.78, 5) is 6.83. The van der Waals surface area contributed by atoms with Crippen LogP contribution in [0.15, 0.2) is 27.7 Å². The second kappa shape index (κ2) is 8.62. The van der Waals surface area contributed by atoms with Gasteiger partial charge >= 0.3 is 0 Å². The fourth-order valence-corrected chi connectivity index (χ4v) is 3.31. The molecule has 1 aliphatic heterocycles. The van der Waals surface area contributed by atoms with Gasteiger partial charge in [-0.25, -0.2) is 4.39 Å². The molecular weight excluding hydrogens is 474 g/mol. The van der Waals surface area contributed by atoms with Gasteiger partial charge < -0.3 is 10.6 Å². The van der Waals surface area contributed by atoms with Crippen LogP contribution in [0.4, 0.5) is 4.39 Å². The molecule has 23 heavy (non-hydrogen) atoms. The van der Waals surface area contributed by atoms with Gasteiger partial charge in [-0.05, 0) is 43.0 Å². The first-order valence-electron chi connectivity index (χ1n) is 7.81. The Morgan fingerprint density at radius 1 is 1.39 bits per heavy atom. The van der Waals surface area contributed by atoms with Crippen molar-refractivity contribution in [2.75, 3.05) is 20.1 Å². The summed E-state index contributed by atoms with van der Waals surface area (Å²) in [6.45, 7) is 2.81. The Morgan fingerprint density at radius 3 is 2.87 bits per heavy atom. The lowest BCUT2D eigenvalue weighted by atomic mass is 10.2. The molecule has 2 aliphatic rings. The van der Waals surface area contributed by atoms with Crippen molar-refractivity contribution in [1.29, 1.82) is 0 Å². The molecule has 0 spiro atoms. The summed E-state index contributed by atoms with van der Waals surface area (Å²) in [6.07, 6.45) is 3.86. The smallest absolute Gasteiger partial charge is 0.191 e. The van der Waals surface area contributed by atoms with E-state index in [9.17, 15) is 4.39 Å². The largest absolute Gasteiger partial charge is 0.352 e. The highest BCUT2D eigenvalue weighted by atomic mass is 127. The average molecular weight is 497 g/mol. The van der Waals surface area contributed by atoms with Crippen LogP contribution in [0.3, 0.4) is 0 Å². The van der Waals surface area contributed by atoms with Gasteiger partial charge in [0.05, 0.1) is 0 Å². The van der Waals surface area contributed by atoms with Gasteiger partial charge in [0, 0.05) is 43.2 Å². The number of nitrogens with zero attached hydrogens (tertiary/aromatic N) is 2. The third kappa shape index (κ3) is 5.29. The second-order valence-electron chi connectivity index (χ2n) is 6.02. The molecule has 1 aromatic rings. The molecule has 4 nitrogen and oxygen atoms in total. The number of halogens is 3. The van der Waals surface area contributed by atoms with Crippen LogP contribution in [0.25, 0.3) is 0 Å². The molecule has 0 amide bonds. The number of guanidine groups is 1. The SMILES string of the molecule is CN=C(NCc1cc(F)ccc1Br)NC1CCN(C2CC2)C1.I. The summed E-state index contributed by atoms with van der Waals surface area (Å²) in [6, 6.07) is 5.99. The first-order valence-corrected chi connectivity index (χ1v) is 8.60. The predicted molar refractivity (Wildman–Crippen MR) is 106 cm³/mol. The molecule has 2 fully saturated rings. The molecule has 1 aliphatic carbocycles. The summed E-state index contributed by atoms with van der Waals surface area (Å²) in [5.41, 5.74) is 0.883. The summed E-state index contributed by atoms with van der Waals surface area (Å²) < 4.78 is 14.2. The van der Waals surface area contributed by atoms with Crippen molar-refractivity contribution in [3.05, 3.63) is 34.1 Å². The van der Waals surface area contributed by atoms with E-state index in [0.29, 0.717) is 12.6 Å². The van der Waals surface area contributed by atoms with Gasteiger partial charge in [-0.3, -0.25) is 9.89 Å². The minimum atomic E-state index is -0.223. The van der Waals surface area contributed by atoms with E-state index in [1.165, 1.54) is 31.5 Å². The maximum absolute atomic E-state index is 13.3. The zero-order chi connectivity index (χ0) is 15.5. The number of likely N-dealkylation sites (tertiary alicyclic amines) is 1. The van der Waals surface area contributed by atoms with Crippen molar-refractivity contribution < 1.29 is 4.39 Å². The summed E-state index contributed by atoms with van der Waals surface area (Å²) in [5, 5.41) is 6.73. The minimum absolute atomic E-state index is 0. The predicted octanol–water partition coefficient (Wildman–Crippen LogP) is 3.11. The maximum Gasteiger partial charge on any atom is 0.191 e. The number of hydrogen-bond acceptors (Lipinski definition) is 2. The molecule has 1 unspecified atom stereocenters. The molecule has 0 radical (unpaired) electrons. The van der Waals surface area contributed by atoms with Crippen LogP contribution in [0, 0.1) is 5.82 Å². The number of nitrogens with one attached hydrogen (secondary N) is 2. The van der Waals surface area contributed by atoms with Crippen LogP contribution < -0.4 is 10.6 Å². The molecule has 128 valence electrons. The Hall–Kier alpha value is -0.410. The van der Waals surface area contributed by atoms with E-state index in [1.807, 2.05) is 0 Å². The van der Waals surface area contributed by atoms with Crippen molar-refractivity contribution in [3.8, 4) is 0 Å². The number of rotatable bonds is 4. The number of aliphatic imine (C=N–C) groups is 1. The van der Waals surface area contributed by atoms with Crippen LogP contribution in [0.1, 0.15) is 24.8 Å². The summed E-state index contributed by atoms with van der Waals surface area (Å²) in [7, 11) is 1.77. The molecule has 1 aromatic carbocycles. The van der Waals surface area contributed by atoms with Crippen LogP contribution >= 0.6 is 39.9 Å². The van der Waals surface area contributed by atoms with E-state index in [0.717, 1.165) is 35.0 Å². The molecule has 3 rings (SSSR count). The van der Waals surface area contributed by atoms with Gasteiger partial charge in [0.2, 0.25) is 0 Å². The van der Waals surface area contributed by atoms with Gasteiger partial charge in [0.25, 0.3) is 0 Å². The maximum atomic E-state index is 13.3. The van der Waals surface area contributed by atoms with Gasteiger partial charge in [0.1, 0.15) is 5.82 Å². The lowest BCUT2D eigenvalue weighted by Crippen LogP contribution is -2.44. The Kier molecular flexibility index (Phi) is 7.09. The van der Waals surface area contributed by atoms with Gasteiger partial charge in [0.15, 0.2) is 5.96 Å². The Labute approximate surface area is 162 Å². The van der Waals surface area contributed by atoms with E-state index in [4.69, 9.17) is 0 Å². The Balaban J connectivity index is 0.00000192. The molecule has 1 saturated heterocycles. The van der Waals surface area contributed by atoms with Crippen molar-refractivity contribution in [3.63, 3.8) is 0 Å². The zero-order valence-corrected chi connectivity index (χ0v) is 17.1. The quantitative estimate of drug-likeness (QED) is 0.382. The molecule has 1 atom stereocenters. The van der Waals surface area contributed by atoms with E-state index in [-0.39, 0.29) is 29.8 Å². The molecule has 0 bridgehead atoms. The summed E-state index contributed by atoms with van der Waals surface area (Å²) in [5.74, 6) is 0.553. The van der Waals surface area contributed by atoms with Gasteiger partial charge in [-0.1, -0.05) is 15.9 Å². The van der Waals surface area contributed by atoms with Crippen molar-refractivity contribution in [2.24, 2.45) is 4.99 Å². The van der Waals surface area contributed by atoms with E-state index in [2.05, 4.69) is 36.5 Å². The van der Waals surface area contributed by atoms with Crippen LogP contribution in [-0.2, 0) is 6.54 Å². The average Bonchev–Trinajstić information content (AvgIpc) is 3.26. The molecule has 1 heterocycles.